The van der Waals surface area contributed by atoms with Crippen molar-refractivity contribution in [2.24, 2.45) is 0 Å². The number of hydrogen-bond donors (Lipinski definition) is 1. The zero-order valence-electron chi connectivity index (χ0n) is 12.5. The number of hydrogen-bond acceptors (Lipinski definition) is 6. The lowest BCUT2D eigenvalue weighted by atomic mass is 10.3. The summed E-state index contributed by atoms with van der Waals surface area (Å²) in [5.41, 5.74) is 2.01. The van der Waals surface area contributed by atoms with Gasteiger partial charge in [0.2, 0.25) is 5.95 Å². The number of carbonyl (C=O) groups excluding carboxylic acids is 1. The van der Waals surface area contributed by atoms with Crippen molar-refractivity contribution >= 4 is 11.9 Å². The van der Waals surface area contributed by atoms with Gasteiger partial charge in [-0.15, -0.1) is 0 Å². The van der Waals surface area contributed by atoms with Gasteiger partial charge < -0.3 is 10.2 Å². The van der Waals surface area contributed by atoms with Gasteiger partial charge in [0, 0.05) is 31.7 Å². The molecule has 0 aliphatic carbocycles. The molecule has 1 fully saturated rings. The molecule has 2 aromatic heterocycles. The minimum atomic E-state index is -0.213. The van der Waals surface area contributed by atoms with E-state index >= 15 is 0 Å². The first-order chi connectivity index (χ1) is 10.7. The summed E-state index contributed by atoms with van der Waals surface area (Å²) in [6, 6.07) is 0. The molecule has 22 heavy (non-hydrogen) atoms. The summed E-state index contributed by atoms with van der Waals surface area (Å²) in [6.07, 6.45) is 8.80. The number of nitrogens with zero attached hydrogens (tertiary/aromatic N) is 5. The first-order valence-electron chi connectivity index (χ1n) is 7.35. The molecule has 1 N–H and O–H groups in total. The number of aryl methyl sites for hydroxylation is 1. The Morgan fingerprint density at radius 2 is 1.82 bits per heavy atom. The zero-order chi connectivity index (χ0) is 15.4. The van der Waals surface area contributed by atoms with Gasteiger partial charge in [0.05, 0.1) is 29.7 Å². The van der Waals surface area contributed by atoms with Crippen LogP contribution in [-0.2, 0) is 6.54 Å². The molecule has 0 atom stereocenters. The van der Waals surface area contributed by atoms with Crippen LogP contribution in [0.2, 0.25) is 0 Å². The zero-order valence-corrected chi connectivity index (χ0v) is 12.5. The van der Waals surface area contributed by atoms with E-state index in [1.807, 2.05) is 6.92 Å². The van der Waals surface area contributed by atoms with Gasteiger partial charge in [0.25, 0.3) is 5.91 Å². The second-order valence-corrected chi connectivity index (χ2v) is 5.30. The van der Waals surface area contributed by atoms with Gasteiger partial charge in [0.1, 0.15) is 0 Å². The summed E-state index contributed by atoms with van der Waals surface area (Å²) >= 11 is 0. The van der Waals surface area contributed by atoms with Crippen LogP contribution < -0.4 is 10.2 Å². The van der Waals surface area contributed by atoms with Crippen molar-refractivity contribution < 1.29 is 4.79 Å². The van der Waals surface area contributed by atoms with Gasteiger partial charge in [-0.1, -0.05) is 0 Å². The highest BCUT2D eigenvalue weighted by Crippen LogP contribution is 2.14. The Balaban J connectivity index is 1.58. The Kier molecular flexibility index (Phi) is 4.22. The summed E-state index contributed by atoms with van der Waals surface area (Å²) in [4.78, 5) is 31.1. The fourth-order valence-corrected chi connectivity index (χ4v) is 2.30. The normalized spacial score (nSPS) is 14.1. The third kappa shape index (κ3) is 3.36. The number of carbonyl (C=O) groups is 1. The molecular weight excluding hydrogens is 280 g/mol. The maximum atomic E-state index is 12.1. The lowest BCUT2D eigenvalue weighted by molar-refractivity contribution is 0.0949. The van der Waals surface area contributed by atoms with E-state index in [1.54, 1.807) is 24.8 Å². The van der Waals surface area contributed by atoms with Gasteiger partial charge in [-0.05, 0) is 19.8 Å². The second-order valence-electron chi connectivity index (χ2n) is 5.30. The molecule has 1 amide bonds. The Morgan fingerprint density at radius 3 is 2.45 bits per heavy atom. The lowest BCUT2D eigenvalue weighted by Gasteiger charge is -2.14. The SMILES string of the molecule is Cc1cnc(CNC(=O)c2cnc(N3CCCC3)nc2)cn1. The molecule has 3 heterocycles. The second kappa shape index (κ2) is 6.46. The Labute approximate surface area is 128 Å². The number of amides is 1. The third-order valence-electron chi connectivity index (χ3n) is 3.55. The van der Waals surface area contributed by atoms with Gasteiger partial charge in [-0.25, -0.2) is 9.97 Å². The van der Waals surface area contributed by atoms with Crippen LogP contribution in [0.15, 0.2) is 24.8 Å². The fourth-order valence-electron chi connectivity index (χ4n) is 2.30. The summed E-state index contributed by atoms with van der Waals surface area (Å²) in [6.45, 7) is 4.17. The summed E-state index contributed by atoms with van der Waals surface area (Å²) in [5.74, 6) is 0.480. The molecule has 0 aromatic carbocycles. The topological polar surface area (TPSA) is 83.9 Å². The maximum Gasteiger partial charge on any atom is 0.254 e. The van der Waals surface area contributed by atoms with Gasteiger partial charge in [0.15, 0.2) is 0 Å². The molecule has 7 nitrogen and oxygen atoms in total. The third-order valence-corrected chi connectivity index (χ3v) is 3.55. The van der Waals surface area contributed by atoms with Crippen molar-refractivity contribution in [2.45, 2.75) is 26.3 Å². The average molecular weight is 298 g/mol. The van der Waals surface area contributed by atoms with Crippen molar-refractivity contribution in [3.63, 3.8) is 0 Å². The standard InChI is InChI=1S/C15H18N6O/c1-11-6-17-13(9-16-11)10-18-14(22)12-7-19-15(20-8-12)21-4-2-3-5-21/h6-9H,2-5,10H2,1H3,(H,18,22). The van der Waals surface area contributed by atoms with Crippen LogP contribution in [0.5, 0.6) is 0 Å². The Hall–Kier alpha value is -2.57. The fraction of sp³-hybridized carbons (Fsp3) is 0.400. The molecule has 1 aliphatic rings. The van der Waals surface area contributed by atoms with E-state index in [4.69, 9.17) is 0 Å². The molecule has 0 saturated carbocycles. The first-order valence-corrected chi connectivity index (χ1v) is 7.35. The predicted octanol–water partition coefficient (Wildman–Crippen LogP) is 1.11. The van der Waals surface area contributed by atoms with Crippen LogP contribution in [0.3, 0.4) is 0 Å². The highest BCUT2D eigenvalue weighted by atomic mass is 16.1. The molecule has 0 radical (unpaired) electrons. The van der Waals surface area contributed by atoms with Crippen molar-refractivity contribution in [3.05, 3.63) is 41.7 Å². The Morgan fingerprint density at radius 1 is 1.09 bits per heavy atom. The van der Waals surface area contributed by atoms with Crippen molar-refractivity contribution in [3.8, 4) is 0 Å². The molecule has 0 spiro atoms. The smallest absolute Gasteiger partial charge is 0.254 e. The monoisotopic (exact) mass is 298 g/mol. The predicted molar refractivity (Wildman–Crippen MR) is 81.4 cm³/mol. The number of rotatable bonds is 4. The minimum Gasteiger partial charge on any atom is -0.346 e. The van der Waals surface area contributed by atoms with Crippen LogP contribution in [0.4, 0.5) is 5.95 Å². The molecular formula is C15H18N6O. The quantitative estimate of drug-likeness (QED) is 0.910. The van der Waals surface area contributed by atoms with E-state index in [1.165, 1.54) is 12.8 Å². The molecule has 0 bridgehead atoms. The van der Waals surface area contributed by atoms with Crippen molar-refractivity contribution in [2.75, 3.05) is 18.0 Å². The molecule has 3 rings (SSSR count). The van der Waals surface area contributed by atoms with Crippen molar-refractivity contribution in [1.82, 2.24) is 25.3 Å². The Bertz CT molecular complexity index is 634. The highest BCUT2D eigenvalue weighted by Gasteiger charge is 2.15. The maximum absolute atomic E-state index is 12.1. The molecule has 2 aromatic rings. The average Bonchev–Trinajstić information content (AvgIpc) is 3.09. The molecule has 1 aliphatic heterocycles. The van der Waals surface area contributed by atoms with Crippen LogP contribution in [0.25, 0.3) is 0 Å². The van der Waals surface area contributed by atoms with Crippen LogP contribution in [0.1, 0.15) is 34.6 Å². The molecule has 114 valence electrons. The summed E-state index contributed by atoms with van der Waals surface area (Å²) in [7, 11) is 0. The summed E-state index contributed by atoms with van der Waals surface area (Å²) < 4.78 is 0. The van der Waals surface area contributed by atoms with Crippen LogP contribution in [-0.4, -0.2) is 38.9 Å². The number of nitrogens with one attached hydrogen (secondary N) is 1. The van der Waals surface area contributed by atoms with E-state index < -0.39 is 0 Å². The van der Waals surface area contributed by atoms with Gasteiger partial charge in [-0.3, -0.25) is 14.8 Å². The number of anilines is 1. The van der Waals surface area contributed by atoms with E-state index in [0.717, 1.165) is 18.8 Å². The molecule has 7 heteroatoms. The van der Waals surface area contributed by atoms with E-state index in [2.05, 4.69) is 30.2 Å². The van der Waals surface area contributed by atoms with E-state index in [9.17, 15) is 4.79 Å². The van der Waals surface area contributed by atoms with Gasteiger partial charge >= 0.3 is 0 Å². The van der Waals surface area contributed by atoms with Crippen LogP contribution in [0, 0.1) is 6.92 Å². The summed E-state index contributed by atoms with van der Waals surface area (Å²) in [5, 5.41) is 2.79. The highest BCUT2D eigenvalue weighted by molar-refractivity contribution is 5.93. The largest absolute Gasteiger partial charge is 0.346 e. The number of aromatic nitrogens is 4. The van der Waals surface area contributed by atoms with Crippen LogP contribution >= 0.6 is 0 Å². The minimum absolute atomic E-state index is 0.213. The first kappa shape index (κ1) is 14.4. The van der Waals surface area contributed by atoms with E-state index in [-0.39, 0.29) is 5.91 Å². The lowest BCUT2D eigenvalue weighted by Crippen LogP contribution is -2.25. The van der Waals surface area contributed by atoms with Gasteiger partial charge in [-0.2, -0.15) is 0 Å². The molecule has 0 unspecified atom stereocenters. The van der Waals surface area contributed by atoms with Crippen molar-refractivity contribution in [1.29, 1.82) is 0 Å². The van der Waals surface area contributed by atoms with E-state index in [0.29, 0.717) is 23.8 Å². The molecule has 1 saturated heterocycles.